The van der Waals surface area contributed by atoms with Gasteiger partial charge in [0.25, 0.3) is 0 Å². The number of ether oxygens (including phenoxy) is 1. The highest BCUT2D eigenvalue weighted by atomic mass is 32.2. The van der Waals surface area contributed by atoms with Gasteiger partial charge in [-0.05, 0) is 27.7 Å². The van der Waals surface area contributed by atoms with Crippen LogP contribution in [0.15, 0.2) is 22.5 Å². The summed E-state index contributed by atoms with van der Waals surface area (Å²) >= 11 is 1.39. The molecule has 0 aromatic carbocycles. The first-order chi connectivity index (χ1) is 11.5. The van der Waals surface area contributed by atoms with Crippen LogP contribution >= 0.6 is 11.8 Å². The summed E-state index contributed by atoms with van der Waals surface area (Å²) in [5.74, 6) is -0.155. The van der Waals surface area contributed by atoms with Gasteiger partial charge in [-0.3, -0.25) is 14.4 Å². The van der Waals surface area contributed by atoms with E-state index in [-0.39, 0.29) is 12.5 Å². The van der Waals surface area contributed by atoms with Crippen molar-refractivity contribution in [2.45, 2.75) is 40.3 Å². The number of esters is 1. The Balaban J connectivity index is 2.16. The van der Waals surface area contributed by atoms with Crippen LogP contribution in [0.25, 0.3) is 0 Å². The number of carbonyl (C=O) groups is 2. The summed E-state index contributed by atoms with van der Waals surface area (Å²) in [6, 6.07) is -0.528. The Morgan fingerprint density at radius 2 is 2.17 bits per heavy atom. The Kier molecular flexibility index (Phi) is 4.49. The van der Waals surface area contributed by atoms with Crippen LogP contribution in [0.5, 0.6) is 0 Å². The van der Waals surface area contributed by atoms with Crippen LogP contribution in [0, 0.1) is 6.92 Å². The summed E-state index contributed by atoms with van der Waals surface area (Å²) in [5, 5.41) is 5.10. The SMILES string of the molecule is CCOC(=O)C1=C(C)N=C2SCC(=O)N2C1c1cn(CC)nc1C. The quantitative estimate of drug-likeness (QED) is 0.778. The molecule has 2 aliphatic heterocycles. The first kappa shape index (κ1) is 16.8. The smallest absolute Gasteiger partial charge is 0.338 e. The number of fused-ring (bicyclic) bond motifs is 1. The Hall–Kier alpha value is -2.09. The molecule has 0 spiro atoms. The Labute approximate surface area is 144 Å². The second-order valence-electron chi connectivity index (χ2n) is 5.59. The van der Waals surface area contributed by atoms with Gasteiger partial charge in [0.1, 0.15) is 6.04 Å². The van der Waals surface area contributed by atoms with Gasteiger partial charge in [-0.1, -0.05) is 11.8 Å². The largest absolute Gasteiger partial charge is 0.463 e. The zero-order valence-electron chi connectivity index (χ0n) is 14.2. The van der Waals surface area contributed by atoms with Gasteiger partial charge in [-0.25, -0.2) is 9.79 Å². The summed E-state index contributed by atoms with van der Waals surface area (Å²) < 4.78 is 7.03. The third-order valence-electron chi connectivity index (χ3n) is 4.08. The topological polar surface area (TPSA) is 76.8 Å². The molecule has 2 aliphatic rings. The number of rotatable bonds is 4. The number of allylic oxidation sites excluding steroid dienone is 1. The highest BCUT2D eigenvalue weighted by Gasteiger charge is 2.44. The zero-order chi connectivity index (χ0) is 17.4. The molecule has 1 amide bonds. The monoisotopic (exact) mass is 348 g/mol. The summed E-state index contributed by atoms with van der Waals surface area (Å²) in [5.41, 5.74) is 2.63. The van der Waals surface area contributed by atoms with Gasteiger partial charge in [-0.2, -0.15) is 5.10 Å². The number of amidine groups is 1. The lowest BCUT2D eigenvalue weighted by Gasteiger charge is -2.32. The van der Waals surface area contributed by atoms with Gasteiger partial charge in [0, 0.05) is 18.3 Å². The fourth-order valence-corrected chi connectivity index (χ4v) is 3.91. The molecule has 0 bridgehead atoms. The molecular weight excluding hydrogens is 328 g/mol. The average Bonchev–Trinajstić information content (AvgIpc) is 3.09. The zero-order valence-corrected chi connectivity index (χ0v) is 15.0. The van der Waals surface area contributed by atoms with Crippen LogP contribution < -0.4 is 0 Å². The standard InChI is InChI=1S/C16H20N4O3S/c1-5-19-7-11(9(3)18-19)14-13(15(22)23-6-2)10(4)17-16-20(14)12(21)8-24-16/h7,14H,5-6,8H2,1-4H3. The van der Waals surface area contributed by atoms with E-state index >= 15 is 0 Å². The van der Waals surface area contributed by atoms with E-state index in [0.29, 0.717) is 28.7 Å². The Morgan fingerprint density at radius 1 is 1.42 bits per heavy atom. The summed E-state index contributed by atoms with van der Waals surface area (Å²) in [6.07, 6.45) is 1.89. The maximum atomic E-state index is 12.6. The molecule has 24 heavy (non-hydrogen) atoms. The fraction of sp³-hybridized carbons (Fsp3) is 0.500. The molecule has 1 unspecified atom stereocenters. The normalized spacial score (nSPS) is 20.3. The molecule has 8 heteroatoms. The number of aryl methyl sites for hydroxylation is 2. The third-order valence-corrected chi connectivity index (χ3v) is 5.02. The van der Waals surface area contributed by atoms with Crippen molar-refractivity contribution >= 4 is 28.8 Å². The van der Waals surface area contributed by atoms with E-state index in [1.807, 2.05) is 24.7 Å². The molecule has 0 aliphatic carbocycles. The average molecular weight is 348 g/mol. The number of amides is 1. The number of hydrogen-bond donors (Lipinski definition) is 0. The lowest BCUT2D eigenvalue weighted by atomic mass is 9.95. The predicted octanol–water partition coefficient (Wildman–Crippen LogP) is 2.03. The minimum Gasteiger partial charge on any atom is -0.463 e. The van der Waals surface area contributed by atoms with E-state index in [4.69, 9.17) is 4.74 Å². The van der Waals surface area contributed by atoms with E-state index in [1.54, 1.807) is 18.7 Å². The van der Waals surface area contributed by atoms with E-state index in [1.165, 1.54) is 11.8 Å². The molecule has 1 saturated heterocycles. The highest BCUT2D eigenvalue weighted by molar-refractivity contribution is 8.15. The molecule has 0 N–H and O–H groups in total. The molecule has 128 valence electrons. The lowest BCUT2D eigenvalue weighted by Crippen LogP contribution is -2.39. The minimum atomic E-state index is -0.528. The number of aliphatic imine (C=N–C) groups is 1. The molecule has 0 saturated carbocycles. The van der Waals surface area contributed by atoms with Crippen molar-refractivity contribution in [1.82, 2.24) is 14.7 Å². The minimum absolute atomic E-state index is 0.0540. The molecule has 1 aromatic rings. The molecule has 7 nitrogen and oxygen atoms in total. The number of thioether (sulfide) groups is 1. The van der Waals surface area contributed by atoms with Crippen molar-refractivity contribution in [2.24, 2.45) is 4.99 Å². The van der Waals surface area contributed by atoms with Crippen molar-refractivity contribution in [1.29, 1.82) is 0 Å². The summed E-state index contributed by atoms with van der Waals surface area (Å²) in [6.45, 7) is 8.42. The molecule has 3 heterocycles. The van der Waals surface area contributed by atoms with Crippen LogP contribution in [0.1, 0.15) is 38.1 Å². The van der Waals surface area contributed by atoms with Gasteiger partial charge in [0.15, 0.2) is 5.17 Å². The maximum absolute atomic E-state index is 12.6. The Bertz CT molecular complexity index is 765. The molecule has 3 rings (SSSR count). The van der Waals surface area contributed by atoms with Crippen LogP contribution in [-0.4, -0.2) is 44.1 Å². The number of aromatic nitrogens is 2. The third kappa shape index (κ3) is 2.64. The molecule has 1 aromatic heterocycles. The fourth-order valence-electron chi connectivity index (χ4n) is 2.97. The van der Waals surface area contributed by atoms with Crippen LogP contribution in [0.2, 0.25) is 0 Å². The second-order valence-corrected chi connectivity index (χ2v) is 6.54. The Morgan fingerprint density at radius 3 is 2.79 bits per heavy atom. The van der Waals surface area contributed by atoms with Gasteiger partial charge in [0.2, 0.25) is 5.91 Å². The van der Waals surface area contributed by atoms with E-state index in [9.17, 15) is 9.59 Å². The van der Waals surface area contributed by atoms with Crippen molar-refractivity contribution < 1.29 is 14.3 Å². The number of nitrogens with zero attached hydrogens (tertiary/aromatic N) is 4. The highest BCUT2D eigenvalue weighted by Crippen LogP contribution is 2.41. The van der Waals surface area contributed by atoms with Crippen molar-refractivity contribution in [3.05, 3.63) is 28.7 Å². The van der Waals surface area contributed by atoms with Gasteiger partial charge in [0.05, 0.1) is 29.3 Å². The van der Waals surface area contributed by atoms with Crippen LogP contribution in [0.4, 0.5) is 0 Å². The van der Waals surface area contributed by atoms with Crippen LogP contribution in [0.3, 0.4) is 0 Å². The van der Waals surface area contributed by atoms with Gasteiger partial charge < -0.3 is 4.74 Å². The molecule has 1 atom stereocenters. The number of hydrogen-bond acceptors (Lipinski definition) is 6. The van der Waals surface area contributed by atoms with Crippen molar-refractivity contribution in [2.75, 3.05) is 12.4 Å². The first-order valence-corrected chi connectivity index (χ1v) is 8.91. The predicted molar refractivity (Wildman–Crippen MR) is 91.5 cm³/mol. The van der Waals surface area contributed by atoms with Gasteiger partial charge in [-0.15, -0.1) is 0 Å². The van der Waals surface area contributed by atoms with Crippen molar-refractivity contribution in [3.8, 4) is 0 Å². The summed E-state index contributed by atoms with van der Waals surface area (Å²) in [4.78, 5) is 31.0. The van der Waals surface area contributed by atoms with Crippen LogP contribution in [-0.2, 0) is 20.9 Å². The lowest BCUT2D eigenvalue weighted by molar-refractivity contribution is -0.139. The maximum Gasteiger partial charge on any atom is 0.338 e. The molecule has 0 radical (unpaired) electrons. The second kappa shape index (κ2) is 6.43. The van der Waals surface area contributed by atoms with E-state index < -0.39 is 12.0 Å². The summed E-state index contributed by atoms with van der Waals surface area (Å²) in [7, 11) is 0. The van der Waals surface area contributed by atoms with E-state index in [0.717, 1.165) is 11.3 Å². The molecular formula is C16H20N4O3S. The number of carbonyl (C=O) groups excluding carboxylic acids is 2. The van der Waals surface area contributed by atoms with E-state index in [2.05, 4.69) is 10.1 Å². The molecule has 1 fully saturated rings. The first-order valence-electron chi connectivity index (χ1n) is 7.93. The van der Waals surface area contributed by atoms with Crippen molar-refractivity contribution in [3.63, 3.8) is 0 Å². The van der Waals surface area contributed by atoms with Gasteiger partial charge >= 0.3 is 5.97 Å².